The van der Waals surface area contributed by atoms with Gasteiger partial charge in [0.25, 0.3) is 0 Å². The molecule has 0 spiro atoms. The van der Waals surface area contributed by atoms with Gasteiger partial charge in [-0.25, -0.2) is 4.39 Å². The van der Waals surface area contributed by atoms with Gasteiger partial charge in [0.1, 0.15) is 5.82 Å². The molecule has 0 bridgehead atoms. The second kappa shape index (κ2) is 6.31. The molecule has 0 aromatic heterocycles. The van der Waals surface area contributed by atoms with Gasteiger partial charge in [0, 0.05) is 6.04 Å². The summed E-state index contributed by atoms with van der Waals surface area (Å²) in [7, 11) is 1.95. The minimum Gasteiger partial charge on any atom is -0.313 e. The van der Waals surface area contributed by atoms with E-state index in [9.17, 15) is 4.39 Å². The second-order valence-electron chi connectivity index (χ2n) is 4.65. The van der Waals surface area contributed by atoms with Crippen molar-refractivity contribution >= 4 is 15.9 Å². The third-order valence-electron chi connectivity index (χ3n) is 3.34. The van der Waals surface area contributed by atoms with Crippen molar-refractivity contribution in [3.63, 3.8) is 0 Å². The predicted octanol–water partition coefficient (Wildman–Crippen LogP) is 4.40. The smallest absolute Gasteiger partial charge is 0.137 e. The molecule has 0 saturated heterocycles. The molecule has 100 valence electrons. The summed E-state index contributed by atoms with van der Waals surface area (Å²) in [4.78, 5) is 0. The minimum atomic E-state index is -0.222. The minimum absolute atomic E-state index is 0.222. The van der Waals surface area contributed by atoms with Crippen LogP contribution in [0.5, 0.6) is 0 Å². The van der Waals surface area contributed by atoms with Crippen molar-refractivity contribution in [3.8, 4) is 0 Å². The van der Waals surface area contributed by atoms with E-state index in [1.807, 2.05) is 31.3 Å². The van der Waals surface area contributed by atoms with Crippen molar-refractivity contribution in [2.24, 2.45) is 0 Å². The summed E-state index contributed by atoms with van der Waals surface area (Å²) in [5, 5.41) is 3.33. The fraction of sp³-hybridized carbons (Fsp3) is 0.250. The number of hydrogen-bond donors (Lipinski definition) is 1. The van der Waals surface area contributed by atoms with E-state index in [4.69, 9.17) is 0 Å². The molecule has 19 heavy (non-hydrogen) atoms. The van der Waals surface area contributed by atoms with Crippen LogP contribution in [0.2, 0.25) is 0 Å². The fourth-order valence-electron chi connectivity index (χ4n) is 2.25. The van der Waals surface area contributed by atoms with Crippen LogP contribution < -0.4 is 5.32 Å². The van der Waals surface area contributed by atoms with E-state index in [0.717, 1.165) is 12.0 Å². The number of benzene rings is 2. The third kappa shape index (κ3) is 3.43. The monoisotopic (exact) mass is 321 g/mol. The molecule has 0 radical (unpaired) electrons. The third-order valence-corrected chi connectivity index (χ3v) is 3.94. The molecular formula is C16H17BrFN. The van der Waals surface area contributed by atoms with E-state index in [2.05, 4.69) is 40.3 Å². The van der Waals surface area contributed by atoms with Gasteiger partial charge in [0.05, 0.1) is 4.47 Å². The van der Waals surface area contributed by atoms with E-state index in [0.29, 0.717) is 4.47 Å². The van der Waals surface area contributed by atoms with Gasteiger partial charge in [-0.3, -0.25) is 0 Å². The largest absolute Gasteiger partial charge is 0.313 e. The van der Waals surface area contributed by atoms with Gasteiger partial charge < -0.3 is 5.32 Å². The zero-order chi connectivity index (χ0) is 13.8. The maximum absolute atomic E-state index is 13.2. The Bertz CT molecular complexity index is 568. The van der Waals surface area contributed by atoms with E-state index in [1.165, 1.54) is 17.2 Å². The Kier molecular flexibility index (Phi) is 4.72. The predicted molar refractivity (Wildman–Crippen MR) is 80.8 cm³/mol. The molecule has 0 saturated carbocycles. The van der Waals surface area contributed by atoms with Gasteiger partial charge in [-0.1, -0.05) is 30.3 Å². The Morgan fingerprint density at radius 1 is 1.21 bits per heavy atom. The quantitative estimate of drug-likeness (QED) is 0.880. The maximum Gasteiger partial charge on any atom is 0.137 e. The molecule has 3 heteroatoms. The first-order valence-corrected chi connectivity index (χ1v) is 7.08. The van der Waals surface area contributed by atoms with Crippen molar-refractivity contribution < 1.29 is 4.39 Å². The Morgan fingerprint density at radius 3 is 2.58 bits per heavy atom. The highest BCUT2D eigenvalue weighted by Crippen LogP contribution is 2.24. The van der Waals surface area contributed by atoms with Gasteiger partial charge in [0.15, 0.2) is 0 Å². The van der Waals surface area contributed by atoms with Gasteiger partial charge in [0.2, 0.25) is 0 Å². The SMILES string of the molecule is CNC(Cc1ccc(F)c(Br)c1)c1ccccc1C. The average molecular weight is 322 g/mol. The lowest BCUT2D eigenvalue weighted by atomic mass is 9.95. The van der Waals surface area contributed by atoms with Crippen LogP contribution in [0.25, 0.3) is 0 Å². The van der Waals surface area contributed by atoms with E-state index < -0.39 is 0 Å². The highest BCUT2D eigenvalue weighted by molar-refractivity contribution is 9.10. The number of rotatable bonds is 4. The maximum atomic E-state index is 13.2. The Balaban J connectivity index is 2.24. The van der Waals surface area contributed by atoms with Crippen LogP contribution in [0.15, 0.2) is 46.9 Å². The number of aryl methyl sites for hydroxylation is 1. The first-order chi connectivity index (χ1) is 9.11. The average Bonchev–Trinajstić information content (AvgIpc) is 2.41. The summed E-state index contributed by atoms with van der Waals surface area (Å²) in [6, 6.07) is 13.8. The van der Waals surface area contributed by atoms with E-state index >= 15 is 0 Å². The summed E-state index contributed by atoms with van der Waals surface area (Å²) >= 11 is 3.23. The number of halogens is 2. The highest BCUT2D eigenvalue weighted by atomic mass is 79.9. The molecular weight excluding hydrogens is 305 g/mol. The molecule has 1 N–H and O–H groups in total. The van der Waals surface area contributed by atoms with Gasteiger partial charge in [-0.2, -0.15) is 0 Å². The zero-order valence-corrected chi connectivity index (χ0v) is 12.7. The van der Waals surface area contributed by atoms with Crippen LogP contribution in [0.1, 0.15) is 22.7 Å². The molecule has 0 fully saturated rings. The number of nitrogens with one attached hydrogen (secondary N) is 1. The topological polar surface area (TPSA) is 12.0 Å². The summed E-state index contributed by atoms with van der Waals surface area (Å²) < 4.78 is 13.8. The molecule has 1 unspecified atom stereocenters. The van der Waals surface area contributed by atoms with E-state index in [1.54, 1.807) is 0 Å². The lowest BCUT2D eigenvalue weighted by Gasteiger charge is -2.19. The van der Waals surface area contributed by atoms with Crippen LogP contribution >= 0.6 is 15.9 Å². The molecule has 0 aliphatic rings. The first-order valence-electron chi connectivity index (χ1n) is 6.28. The van der Waals surface area contributed by atoms with Crippen LogP contribution in [0.3, 0.4) is 0 Å². The van der Waals surface area contributed by atoms with Crippen molar-refractivity contribution in [1.82, 2.24) is 5.32 Å². The van der Waals surface area contributed by atoms with Crippen molar-refractivity contribution in [1.29, 1.82) is 0 Å². The lowest BCUT2D eigenvalue weighted by Crippen LogP contribution is -2.19. The second-order valence-corrected chi connectivity index (χ2v) is 5.50. The molecule has 0 aliphatic heterocycles. The van der Waals surface area contributed by atoms with Crippen LogP contribution in [0.4, 0.5) is 4.39 Å². The molecule has 2 aromatic carbocycles. The fourth-order valence-corrected chi connectivity index (χ4v) is 2.67. The summed E-state index contributed by atoms with van der Waals surface area (Å²) in [6.45, 7) is 2.11. The summed E-state index contributed by atoms with van der Waals surface area (Å²) in [6.07, 6.45) is 0.834. The standard InChI is InChI=1S/C16H17BrFN/c1-11-5-3-4-6-13(11)16(19-2)10-12-7-8-15(18)14(17)9-12/h3-9,16,19H,10H2,1-2H3. The van der Waals surface area contributed by atoms with Gasteiger partial charge in [-0.15, -0.1) is 0 Å². The normalized spacial score (nSPS) is 12.4. The lowest BCUT2D eigenvalue weighted by molar-refractivity contribution is 0.585. The molecule has 2 aromatic rings. The van der Waals surface area contributed by atoms with Gasteiger partial charge in [-0.05, 0) is 65.1 Å². The Labute approximate surface area is 122 Å². The van der Waals surface area contributed by atoms with Crippen molar-refractivity contribution in [2.45, 2.75) is 19.4 Å². The molecule has 0 aliphatic carbocycles. The molecule has 1 nitrogen and oxygen atoms in total. The first kappa shape index (κ1) is 14.2. The molecule has 2 rings (SSSR count). The van der Waals surface area contributed by atoms with Crippen molar-refractivity contribution in [2.75, 3.05) is 7.05 Å². The summed E-state index contributed by atoms with van der Waals surface area (Å²) in [5.41, 5.74) is 3.66. The molecule has 0 amide bonds. The molecule has 0 heterocycles. The Morgan fingerprint density at radius 2 is 1.95 bits per heavy atom. The van der Waals surface area contributed by atoms with Crippen LogP contribution in [-0.4, -0.2) is 7.05 Å². The van der Waals surface area contributed by atoms with Crippen LogP contribution in [0, 0.1) is 12.7 Å². The number of likely N-dealkylation sites (N-methyl/N-ethyl adjacent to an activating group) is 1. The van der Waals surface area contributed by atoms with Gasteiger partial charge >= 0.3 is 0 Å². The molecule has 1 atom stereocenters. The van der Waals surface area contributed by atoms with Crippen LogP contribution in [-0.2, 0) is 6.42 Å². The summed E-state index contributed by atoms with van der Waals surface area (Å²) in [5.74, 6) is -0.222. The van der Waals surface area contributed by atoms with E-state index in [-0.39, 0.29) is 11.9 Å². The number of hydrogen-bond acceptors (Lipinski definition) is 1. The Hall–Kier alpha value is -1.19. The zero-order valence-electron chi connectivity index (χ0n) is 11.1. The van der Waals surface area contributed by atoms with Crippen molar-refractivity contribution in [3.05, 3.63) is 69.4 Å². The highest BCUT2D eigenvalue weighted by Gasteiger charge is 2.12.